The van der Waals surface area contributed by atoms with Gasteiger partial charge in [-0.15, -0.1) is 0 Å². The van der Waals surface area contributed by atoms with E-state index in [-0.39, 0.29) is 12.5 Å². The lowest BCUT2D eigenvalue weighted by molar-refractivity contribution is -0.116. The van der Waals surface area contributed by atoms with Crippen molar-refractivity contribution in [1.29, 1.82) is 0 Å². The molecule has 1 amide bonds. The van der Waals surface area contributed by atoms with Crippen molar-refractivity contribution < 1.29 is 9.90 Å². The number of nitrogens with one attached hydrogen (secondary N) is 2. The average Bonchev–Trinajstić information content (AvgIpc) is 2.43. The molecule has 106 valence electrons. The maximum atomic E-state index is 11.6. The molecule has 5 heteroatoms. The summed E-state index contributed by atoms with van der Waals surface area (Å²) in [6.45, 7) is 4.31. The summed E-state index contributed by atoms with van der Waals surface area (Å²) in [7, 11) is 1.82. The molecule has 1 aromatic rings. The zero-order valence-electron chi connectivity index (χ0n) is 11.6. The van der Waals surface area contributed by atoms with E-state index in [1.54, 1.807) is 0 Å². The van der Waals surface area contributed by atoms with Gasteiger partial charge in [0.2, 0.25) is 5.91 Å². The van der Waals surface area contributed by atoms with Crippen LogP contribution in [0.15, 0.2) is 24.3 Å². The van der Waals surface area contributed by atoms with E-state index in [1.807, 2.05) is 38.2 Å². The van der Waals surface area contributed by atoms with Gasteiger partial charge in [0, 0.05) is 37.4 Å². The Morgan fingerprint density at radius 1 is 1.32 bits per heavy atom. The normalized spacial score (nSPS) is 10.3. The minimum absolute atomic E-state index is 0.00445. The molecular formula is C14H23N3O2. The van der Waals surface area contributed by atoms with Crippen molar-refractivity contribution in [3.63, 3.8) is 0 Å². The monoisotopic (exact) mass is 265 g/mol. The second kappa shape index (κ2) is 8.50. The first-order valence-corrected chi connectivity index (χ1v) is 6.61. The van der Waals surface area contributed by atoms with Crippen LogP contribution < -0.4 is 15.5 Å². The summed E-state index contributed by atoms with van der Waals surface area (Å²) in [4.78, 5) is 13.6. The Hall–Kier alpha value is -1.59. The van der Waals surface area contributed by atoms with Crippen LogP contribution in [-0.2, 0) is 4.79 Å². The highest BCUT2D eigenvalue weighted by Crippen LogP contribution is 2.17. The van der Waals surface area contributed by atoms with Gasteiger partial charge in [0.05, 0.1) is 6.61 Å². The number of aliphatic hydroxyl groups excluding tert-OH is 1. The molecule has 0 heterocycles. The predicted molar refractivity (Wildman–Crippen MR) is 78.6 cm³/mol. The number of likely N-dealkylation sites (N-methyl/N-ethyl adjacent to an activating group) is 1. The minimum atomic E-state index is 0.00445. The number of nitrogens with zero attached hydrogens (tertiary/aromatic N) is 1. The number of hydrogen-bond acceptors (Lipinski definition) is 4. The third-order valence-corrected chi connectivity index (χ3v) is 2.87. The van der Waals surface area contributed by atoms with Gasteiger partial charge < -0.3 is 20.6 Å². The molecular weight excluding hydrogens is 242 g/mol. The second-order valence-corrected chi connectivity index (χ2v) is 4.25. The molecule has 19 heavy (non-hydrogen) atoms. The molecule has 0 saturated heterocycles. The summed E-state index contributed by atoms with van der Waals surface area (Å²) in [6.07, 6.45) is 0.462. The predicted octanol–water partition coefficient (Wildman–Crippen LogP) is 1.05. The Kier molecular flexibility index (Phi) is 6.92. The van der Waals surface area contributed by atoms with E-state index < -0.39 is 0 Å². The summed E-state index contributed by atoms with van der Waals surface area (Å²) in [6, 6.07) is 7.67. The Bertz CT molecular complexity index is 379. The van der Waals surface area contributed by atoms with E-state index in [1.165, 1.54) is 0 Å². The van der Waals surface area contributed by atoms with Gasteiger partial charge in [-0.25, -0.2) is 0 Å². The third kappa shape index (κ3) is 5.28. The largest absolute Gasteiger partial charge is 0.395 e. The summed E-state index contributed by atoms with van der Waals surface area (Å²) in [5.41, 5.74) is 1.84. The number of aliphatic hydroxyl groups is 1. The fourth-order valence-corrected chi connectivity index (χ4v) is 1.81. The van der Waals surface area contributed by atoms with Gasteiger partial charge in [0.25, 0.3) is 0 Å². The molecule has 0 aliphatic rings. The van der Waals surface area contributed by atoms with Crippen LogP contribution in [-0.4, -0.2) is 44.3 Å². The second-order valence-electron chi connectivity index (χ2n) is 4.25. The van der Waals surface area contributed by atoms with E-state index in [9.17, 15) is 4.79 Å². The van der Waals surface area contributed by atoms with Gasteiger partial charge in [0.1, 0.15) is 0 Å². The molecule has 1 rings (SSSR count). The molecule has 0 saturated carbocycles. The first kappa shape index (κ1) is 15.5. The lowest BCUT2D eigenvalue weighted by Crippen LogP contribution is -2.26. The van der Waals surface area contributed by atoms with Crippen molar-refractivity contribution in [3.05, 3.63) is 24.3 Å². The van der Waals surface area contributed by atoms with E-state index in [0.717, 1.165) is 17.9 Å². The van der Waals surface area contributed by atoms with Crippen LogP contribution in [0.1, 0.15) is 13.3 Å². The Morgan fingerprint density at radius 2 is 2.00 bits per heavy atom. The molecule has 0 atom stereocenters. The topological polar surface area (TPSA) is 64.6 Å². The Labute approximate surface area is 114 Å². The minimum Gasteiger partial charge on any atom is -0.395 e. The zero-order chi connectivity index (χ0) is 14.1. The molecule has 0 unspecified atom stereocenters. The maximum Gasteiger partial charge on any atom is 0.225 e. The fraction of sp³-hybridized carbons (Fsp3) is 0.500. The summed E-state index contributed by atoms with van der Waals surface area (Å²) in [5, 5.41) is 14.8. The number of carbonyl (C=O) groups is 1. The van der Waals surface area contributed by atoms with Gasteiger partial charge in [-0.3, -0.25) is 4.79 Å². The number of carbonyl (C=O) groups excluding carboxylic acids is 1. The quantitative estimate of drug-likeness (QED) is 0.657. The van der Waals surface area contributed by atoms with Gasteiger partial charge in [-0.05, 0) is 38.2 Å². The van der Waals surface area contributed by atoms with E-state index in [4.69, 9.17) is 5.11 Å². The van der Waals surface area contributed by atoms with Crippen molar-refractivity contribution in [2.45, 2.75) is 13.3 Å². The van der Waals surface area contributed by atoms with Crippen molar-refractivity contribution in [3.8, 4) is 0 Å². The van der Waals surface area contributed by atoms with Crippen molar-refractivity contribution in [1.82, 2.24) is 5.32 Å². The van der Waals surface area contributed by atoms with Crippen molar-refractivity contribution >= 4 is 17.3 Å². The number of benzene rings is 1. The summed E-state index contributed by atoms with van der Waals surface area (Å²) >= 11 is 0. The molecule has 0 aliphatic carbocycles. The van der Waals surface area contributed by atoms with Crippen LogP contribution in [0.5, 0.6) is 0 Å². The van der Waals surface area contributed by atoms with Gasteiger partial charge in [-0.1, -0.05) is 0 Å². The molecule has 0 spiro atoms. The van der Waals surface area contributed by atoms with Gasteiger partial charge in [0.15, 0.2) is 0 Å². The highest BCUT2D eigenvalue weighted by atomic mass is 16.3. The van der Waals surface area contributed by atoms with Crippen molar-refractivity contribution in [2.75, 3.05) is 43.5 Å². The van der Waals surface area contributed by atoms with Crippen LogP contribution in [0.3, 0.4) is 0 Å². The molecule has 0 aromatic heterocycles. The highest BCUT2D eigenvalue weighted by molar-refractivity contribution is 5.91. The summed E-state index contributed by atoms with van der Waals surface area (Å²) < 4.78 is 0. The lowest BCUT2D eigenvalue weighted by Gasteiger charge is -2.22. The van der Waals surface area contributed by atoms with Crippen molar-refractivity contribution in [2.24, 2.45) is 0 Å². The van der Waals surface area contributed by atoms with Crippen LogP contribution in [0.4, 0.5) is 11.4 Å². The molecule has 0 radical (unpaired) electrons. The SMILES string of the molecule is CCN(CCO)c1ccc(NC(=O)CCNC)cc1. The third-order valence-electron chi connectivity index (χ3n) is 2.87. The van der Waals surface area contributed by atoms with E-state index in [0.29, 0.717) is 19.5 Å². The van der Waals surface area contributed by atoms with Gasteiger partial charge >= 0.3 is 0 Å². The van der Waals surface area contributed by atoms with Crippen LogP contribution in [0.2, 0.25) is 0 Å². The zero-order valence-corrected chi connectivity index (χ0v) is 11.6. The number of anilines is 2. The van der Waals surface area contributed by atoms with E-state index in [2.05, 4.69) is 15.5 Å². The first-order chi connectivity index (χ1) is 9.21. The molecule has 5 nitrogen and oxygen atoms in total. The Balaban J connectivity index is 2.58. The van der Waals surface area contributed by atoms with Gasteiger partial charge in [-0.2, -0.15) is 0 Å². The number of amides is 1. The summed E-state index contributed by atoms with van der Waals surface area (Å²) in [5.74, 6) is 0.00445. The molecule has 0 bridgehead atoms. The number of hydrogen-bond donors (Lipinski definition) is 3. The highest BCUT2D eigenvalue weighted by Gasteiger charge is 2.05. The molecule has 1 aromatic carbocycles. The molecule has 3 N–H and O–H groups in total. The molecule has 0 aliphatic heterocycles. The smallest absolute Gasteiger partial charge is 0.225 e. The van der Waals surface area contributed by atoms with Crippen LogP contribution in [0.25, 0.3) is 0 Å². The number of rotatable bonds is 8. The fourth-order valence-electron chi connectivity index (χ4n) is 1.81. The van der Waals surface area contributed by atoms with Crippen LogP contribution >= 0.6 is 0 Å². The van der Waals surface area contributed by atoms with E-state index >= 15 is 0 Å². The lowest BCUT2D eigenvalue weighted by atomic mass is 10.2. The molecule has 0 fully saturated rings. The van der Waals surface area contributed by atoms with Crippen LogP contribution in [0, 0.1) is 0 Å². The standard InChI is InChI=1S/C14H23N3O2/c1-3-17(10-11-18)13-6-4-12(5-7-13)16-14(19)8-9-15-2/h4-7,15,18H,3,8-11H2,1-2H3,(H,16,19). The Morgan fingerprint density at radius 3 is 2.53 bits per heavy atom. The maximum absolute atomic E-state index is 11.6. The first-order valence-electron chi connectivity index (χ1n) is 6.61. The average molecular weight is 265 g/mol.